The number of aryl methyl sites for hydroxylation is 2. The van der Waals surface area contributed by atoms with E-state index in [0.717, 1.165) is 4.90 Å². The van der Waals surface area contributed by atoms with Gasteiger partial charge in [0.25, 0.3) is 0 Å². The lowest BCUT2D eigenvalue weighted by Crippen LogP contribution is -1.78. The minimum absolute atomic E-state index is 1.11. The predicted octanol–water partition coefficient (Wildman–Crippen LogP) is 6.70. The molecule has 1 aromatic carbocycles. The van der Waals surface area contributed by atoms with Crippen molar-refractivity contribution in [2.24, 2.45) is 0 Å². The third-order valence-electron chi connectivity index (χ3n) is 1.44. The SMILES string of the molecule is CC.CC.CC.CC.Cc1cccc(C)c1S. The smallest absolute Gasteiger partial charge is 0.00985 e. The standard InChI is InChI=1S/C8H10S.4C2H6/c1-6-4-3-5-7(2)8(6)9;4*1-2/h3-5,9H,1-2H3;4*1-2H3. The Balaban J connectivity index is -0.0000000905. The van der Waals surface area contributed by atoms with Crippen molar-refractivity contribution in [3.8, 4) is 0 Å². The molecule has 17 heavy (non-hydrogen) atoms. The molecule has 0 bridgehead atoms. The number of rotatable bonds is 0. The van der Waals surface area contributed by atoms with Gasteiger partial charge in [0, 0.05) is 4.90 Å². The zero-order valence-electron chi connectivity index (χ0n) is 13.7. The van der Waals surface area contributed by atoms with E-state index < -0.39 is 0 Å². The maximum atomic E-state index is 4.31. The number of thiol groups is 1. The van der Waals surface area contributed by atoms with Gasteiger partial charge in [-0.1, -0.05) is 73.6 Å². The lowest BCUT2D eigenvalue weighted by molar-refractivity contribution is 1.23. The van der Waals surface area contributed by atoms with E-state index in [1.165, 1.54) is 11.1 Å². The fourth-order valence-corrected chi connectivity index (χ4v) is 0.955. The van der Waals surface area contributed by atoms with Crippen molar-refractivity contribution in [3.05, 3.63) is 29.3 Å². The van der Waals surface area contributed by atoms with Gasteiger partial charge in [-0.3, -0.25) is 0 Å². The second-order valence-electron chi connectivity index (χ2n) is 2.24. The molecule has 1 aromatic rings. The maximum Gasteiger partial charge on any atom is 0.00985 e. The van der Waals surface area contributed by atoms with Crippen LogP contribution in [0.15, 0.2) is 23.1 Å². The second-order valence-corrected chi connectivity index (χ2v) is 2.69. The van der Waals surface area contributed by atoms with E-state index in [-0.39, 0.29) is 0 Å². The first-order valence-electron chi connectivity index (χ1n) is 6.97. The quantitative estimate of drug-likeness (QED) is 0.492. The Labute approximate surface area is 116 Å². The van der Waals surface area contributed by atoms with Gasteiger partial charge in [0.1, 0.15) is 0 Å². The maximum absolute atomic E-state index is 4.31. The van der Waals surface area contributed by atoms with Crippen molar-refractivity contribution in [2.75, 3.05) is 0 Å². The molecule has 1 rings (SSSR count). The topological polar surface area (TPSA) is 0 Å². The Kier molecular flexibility index (Phi) is 36.9. The monoisotopic (exact) mass is 258 g/mol. The number of hydrogen-bond acceptors (Lipinski definition) is 1. The summed E-state index contributed by atoms with van der Waals surface area (Å²) in [6.07, 6.45) is 0. The van der Waals surface area contributed by atoms with Crippen LogP contribution >= 0.6 is 12.6 Å². The van der Waals surface area contributed by atoms with E-state index in [1.54, 1.807) is 0 Å². The van der Waals surface area contributed by atoms with Crippen LogP contribution in [0.25, 0.3) is 0 Å². The van der Waals surface area contributed by atoms with Gasteiger partial charge in [-0.2, -0.15) is 0 Å². The lowest BCUT2D eigenvalue weighted by atomic mass is 10.2. The molecule has 0 saturated heterocycles. The Hall–Kier alpha value is -0.430. The van der Waals surface area contributed by atoms with Gasteiger partial charge < -0.3 is 0 Å². The molecule has 0 radical (unpaired) electrons. The van der Waals surface area contributed by atoms with Gasteiger partial charge in [0.05, 0.1) is 0 Å². The molecule has 0 atom stereocenters. The Morgan fingerprint density at radius 2 is 0.882 bits per heavy atom. The summed E-state index contributed by atoms with van der Waals surface area (Å²) in [5.41, 5.74) is 2.50. The third-order valence-corrected chi connectivity index (χ3v) is 2.14. The molecule has 0 N–H and O–H groups in total. The van der Waals surface area contributed by atoms with Crippen LogP contribution in [0, 0.1) is 13.8 Å². The summed E-state index contributed by atoms with van der Waals surface area (Å²) >= 11 is 4.31. The van der Waals surface area contributed by atoms with Crippen molar-refractivity contribution >= 4 is 12.6 Å². The van der Waals surface area contributed by atoms with Gasteiger partial charge in [-0.15, -0.1) is 12.6 Å². The normalized spacial score (nSPS) is 6.53. The summed E-state index contributed by atoms with van der Waals surface area (Å²) in [6, 6.07) is 6.18. The van der Waals surface area contributed by atoms with Gasteiger partial charge >= 0.3 is 0 Å². The van der Waals surface area contributed by atoms with Crippen LogP contribution in [0.3, 0.4) is 0 Å². The largest absolute Gasteiger partial charge is 0.143 e. The molecule has 0 fully saturated rings. The molecule has 0 aliphatic rings. The molecule has 0 amide bonds. The summed E-state index contributed by atoms with van der Waals surface area (Å²) in [4.78, 5) is 1.11. The summed E-state index contributed by atoms with van der Waals surface area (Å²) in [7, 11) is 0. The zero-order valence-corrected chi connectivity index (χ0v) is 14.6. The van der Waals surface area contributed by atoms with Crippen LogP contribution in [0.2, 0.25) is 0 Å². The summed E-state index contributed by atoms with van der Waals surface area (Å²) in [5.74, 6) is 0. The highest BCUT2D eigenvalue weighted by Crippen LogP contribution is 2.16. The van der Waals surface area contributed by atoms with E-state index in [4.69, 9.17) is 0 Å². The number of hydrogen-bond donors (Lipinski definition) is 1. The highest BCUT2D eigenvalue weighted by Gasteiger charge is 1.92. The zero-order chi connectivity index (χ0) is 14.9. The van der Waals surface area contributed by atoms with Crippen molar-refractivity contribution in [2.45, 2.75) is 74.1 Å². The highest BCUT2D eigenvalue weighted by atomic mass is 32.1. The first kappa shape index (κ1) is 25.4. The van der Waals surface area contributed by atoms with Gasteiger partial charge in [0.15, 0.2) is 0 Å². The first-order valence-corrected chi connectivity index (χ1v) is 7.41. The van der Waals surface area contributed by atoms with Gasteiger partial charge in [-0.25, -0.2) is 0 Å². The van der Waals surface area contributed by atoms with Gasteiger partial charge in [-0.05, 0) is 25.0 Å². The minimum atomic E-state index is 1.11. The fourth-order valence-electron chi connectivity index (χ4n) is 0.806. The van der Waals surface area contributed by atoms with Crippen molar-refractivity contribution in [1.82, 2.24) is 0 Å². The Bertz CT molecular complexity index is 197. The average molecular weight is 259 g/mol. The average Bonchev–Trinajstić information content (AvgIpc) is 2.45. The molecule has 0 nitrogen and oxygen atoms in total. The van der Waals surface area contributed by atoms with Crippen LogP contribution in [0.1, 0.15) is 66.5 Å². The van der Waals surface area contributed by atoms with E-state index >= 15 is 0 Å². The summed E-state index contributed by atoms with van der Waals surface area (Å²) in [5, 5.41) is 0. The van der Waals surface area contributed by atoms with E-state index in [2.05, 4.69) is 38.6 Å². The summed E-state index contributed by atoms with van der Waals surface area (Å²) in [6.45, 7) is 20.1. The molecule has 0 aromatic heterocycles. The van der Waals surface area contributed by atoms with Crippen LogP contribution in [0.5, 0.6) is 0 Å². The van der Waals surface area contributed by atoms with E-state index in [9.17, 15) is 0 Å². The molecule has 0 saturated carbocycles. The minimum Gasteiger partial charge on any atom is -0.143 e. The van der Waals surface area contributed by atoms with Crippen LogP contribution in [-0.2, 0) is 0 Å². The molecule has 104 valence electrons. The van der Waals surface area contributed by atoms with Crippen LogP contribution < -0.4 is 0 Å². The number of benzene rings is 1. The van der Waals surface area contributed by atoms with Crippen LogP contribution in [0.4, 0.5) is 0 Å². The molecule has 0 heterocycles. The lowest BCUT2D eigenvalue weighted by Gasteiger charge is -1.99. The molecular weight excluding hydrogens is 224 g/mol. The van der Waals surface area contributed by atoms with E-state index in [1.807, 2.05) is 61.5 Å². The molecule has 0 aliphatic carbocycles. The Morgan fingerprint density at radius 1 is 0.647 bits per heavy atom. The first-order chi connectivity index (χ1) is 8.22. The molecule has 0 aliphatic heterocycles. The van der Waals surface area contributed by atoms with E-state index in [0.29, 0.717) is 0 Å². The molecular formula is C16H34S. The second kappa shape index (κ2) is 24.7. The Morgan fingerprint density at radius 3 is 1.06 bits per heavy atom. The molecule has 0 spiro atoms. The summed E-state index contributed by atoms with van der Waals surface area (Å²) < 4.78 is 0. The third kappa shape index (κ3) is 15.6. The van der Waals surface area contributed by atoms with Crippen molar-refractivity contribution in [1.29, 1.82) is 0 Å². The van der Waals surface area contributed by atoms with Gasteiger partial charge in [0.2, 0.25) is 0 Å². The van der Waals surface area contributed by atoms with Crippen molar-refractivity contribution in [3.63, 3.8) is 0 Å². The fraction of sp³-hybridized carbons (Fsp3) is 0.625. The highest BCUT2D eigenvalue weighted by molar-refractivity contribution is 7.80. The predicted molar refractivity (Wildman–Crippen MR) is 88.6 cm³/mol. The van der Waals surface area contributed by atoms with Crippen LogP contribution in [-0.4, -0.2) is 0 Å². The molecule has 0 unspecified atom stereocenters. The molecule has 1 heteroatoms. The van der Waals surface area contributed by atoms with Crippen molar-refractivity contribution < 1.29 is 0 Å².